The Morgan fingerprint density at radius 3 is 2.06 bits per heavy atom. The summed E-state index contributed by atoms with van der Waals surface area (Å²) in [5.41, 5.74) is 0. The number of aliphatic hydroxyl groups excluding tert-OH is 5. The first kappa shape index (κ1) is 15.8. The molecule has 0 aliphatic rings. The fraction of sp³-hybridized carbons (Fsp3) is 0.875. The molecule has 0 rings (SSSR count). The highest BCUT2D eigenvalue weighted by Gasteiger charge is 2.32. The van der Waals surface area contributed by atoms with E-state index in [1.54, 1.807) is 0 Å². The summed E-state index contributed by atoms with van der Waals surface area (Å²) in [5.74, 6) is -0.733. The van der Waals surface area contributed by atoms with Crippen molar-refractivity contribution < 1.29 is 35.1 Å². The molecule has 0 saturated carbocycles. The lowest BCUT2D eigenvalue weighted by Crippen LogP contribution is -2.48. The highest BCUT2D eigenvalue weighted by molar-refractivity contribution is 9.09. The van der Waals surface area contributed by atoms with Gasteiger partial charge >= 0.3 is 5.97 Å². The average Bonchev–Trinajstić information content (AvgIpc) is 2.32. The maximum Gasteiger partial charge on any atom is 0.317 e. The fourth-order valence-corrected chi connectivity index (χ4v) is 1.10. The molecular formula is C8H15BrO7. The minimum Gasteiger partial charge on any atom is -0.456 e. The normalized spacial score (nSPS) is 18.6. The van der Waals surface area contributed by atoms with Crippen molar-refractivity contribution >= 4 is 21.9 Å². The van der Waals surface area contributed by atoms with Gasteiger partial charge in [0.1, 0.15) is 23.6 Å². The van der Waals surface area contributed by atoms with Crippen LogP contribution in [0.4, 0.5) is 0 Å². The predicted octanol–water partition coefficient (Wildman–Crippen LogP) is -2.64. The monoisotopic (exact) mass is 302 g/mol. The second-order valence-electron chi connectivity index (χ2n) is 3.08. The third-order valence-corrected chi connectivity index (χ3v) is 2.34. The van der Waals surface area contributed by atoms with E-state index in [0.717, 1.165) is 0 Å². The molecule has 0 radical (unpaired) electrons. The molecule has 0 bridgehead atoms. The van der Waals surface area contributed by atoms with Crippen molar-refractivity contribution in [3.05, 3.63) is 0 Å². The Balaban J connectivity index is 4.39. The molecule has 8 heteroatoms. The number of hydrogen-bond donors (Lipinski definition) is 5. The maximum atomic E-state index is 10.9. The zero-order chi connectivity index (χ0) is 12.7. The number of aliphatic hydroxyl groups is 5. The van der Waals surface area contributed by atoms with Crippen molar-refractivity contribution in [3.63, 3.8) is 0 Å². The van der Waals surface area contributed by atoms with E-state index in [1.165, 1.54) is 0 Å². The summed E-state index contributed by atoms with van der Waals surface area (Å²) in [6.07, 6.45) is -6.34. The molecule has 4 atom stereocenters. The predicted molar refractivity (Wildman–Crippen MR) is 55.9 cm³/mol. The first-order chi connectivity index (χ1) is 7.47. The molecule has 0 spiro atoms. The van der Waals surface area contributed by atoms with E-state index in [1.807, 2.05) is 0 Å². The molecule has 0 aromatic rings. The molecule has 5 N–H and O–H groups in total. The molecular weight excluding hydrogens is 288 g/mol. The Bertz CT molecular complexity index is 213. The van der Waals surface area contributed by atoms with Gasteiger partial charge in [-0.2, -0.15) is 0 Å². The van der Waals surface area contributed by atoms with Crippen LogP contribution in [0.1, 0.15) is 0 Å². The highest BCUT2D eigenvalue weighted by Crippen LogP contribution is 2.08. The van der Waals surface area contributed by atoms with Gasteiger partial charge in [-0.1, -0.05) is 15.9 Å². The maximum absolute atomic E-state index is 10.9. The third kappa shape index (κ3) is 4.73. The zero-order valence-electron chi connectivity index (χ0n) is 8.36. The van der Waals surface area contributed by atoms with E-state index in [9.17, 15) is 15.0 Å². The Morgan fingerprint density at radius 1 is 1.12 bits per heavy atom. The van der Waals surface area contributed by atoms with Crippen molar-refractivity contribution in [2.24, 2.45) is 0 Å². The number of ether oxygens (including phenoxy) is 1. The summed E-state index contributed by atoms with van der Waals surface area (Å²) >= 11 is 2.81. The van der Waals surface area contributed by atoms with Crippen LogP contribution >= 0.6 is 15.9 Å². The quantitative estimate of drug-likeness (QED) is 0.257. The van der Waals surface area contributed by atoms with Crippen LogP contribution in [0, 0.1) is 0 Å². The van der Waals surface area contributed by atoms with E-state index >= 15 is 0 Å². The molecule has 7 nitrogen and oxygen atoms in total. The van der Waals surface area contributed by atoms with Crippen molar-refractivity contribution in [2.45, 2.75) is 24.4 Å². The average molecular weight is 303 g/mol. The standard InChI is InChI=1S/C8H15BrO7/c9-1-6(13)16-5(3-11)8(15)7(14)4(12)2-10/h4-5,7-8,10-12,14-15H,1-3H2/t4-,5+,7-,8-/m1/s1. The number of hydrogen-bond acceptors (Lipinski definition) is 7. The van der Waals surface area contributed by atoms with E-state index < -0.39 is 43.6 Å². The Kier molecular flexibility index (Phi) is 7.81. The van der Waals surface area contributed by atoms with Gasteiger partial charge in [-0.15, -0.1) is 0 Å². The van der Waals surface area contributed by atoms with Gasteiger partial charge in [0.2, 0.25) is 0 Å². The molecule has 0 aromatic carbocycles. The van der Waals surface area contributed by atoms with Gasteiger partial charge in [-0.05, 0) is 0 Å². The second kappa shape index (κ2) is 7.93. The number of esters is 1. The van der Waals surface area contributed by atoms with Gasteiger partial charge in [0.15, 0.2) is 6.10 Å². The lowest BCUT2D eigenvalue weighted by Gasteiger charge is -2.27. The van der Waals surface area contributed by atoms with Crippen molar-refractivity contribution in [3.8, 4) is 0 Å². The number of alkyl halides is 1. The number of carbonyl (C=O) groups is 1. The van der Waals surface area contributed by atoms with Crippen molar-refractivity contribution in [1.29, 1.82) is 0 Å². The molecule has 0 unspecified atom stereocenters. The lowest BCUT2D eigenvalue weighted by molar-refractivity contribution is -0.168. The lowest BCUT2D eigenvalue weighted by atomic mass is 10.0. The molecule has 16 heavy (non-hydrogen) atoms. The summed E-state index contributed by atoms with van der Waals surface area (Å²) < 4.78 is 4.59. The van der Waals surface area contributed by atoms with Crippen LogP contribution in [0.2, 0.25) is 0 Å². The largest absolute Gasteiger partial charge is 0.456 e. The summed E-state index contributed by atoms with van der Waals surface area (Å²) in [4.78, 5) is 10.9. The van der Waals surface area contributed by atoms with Crippen LogP contribution in [0.5, 0.6) is 0 Å². The van der Waals surface area contributed by atoms with Crippen LogP contribution in [-0.2, 0) is 9.53 Å². The molecule has 0 aliphatic heterocycles. The van der Waals surface area contributed by atoms with E-state index in [2.05, 4.69) is 20.7 Å². The molecule has 0 aliphatic carbocycles. The van der Waals surface area contributed by atoms with Gasteiger partial charge in [0, 0.05) is 0 Å². The van der Waals surface area contributed by atoms with Gasteiger partial charge < -0.3 is 30.3 Å². The van der Waals surface area contributed by atoms with Gasteiger partial charge in [-0.3, -0.25) is 4.79 Å². The SMILES string of the molecule is O=C(CBr)O[C@@H](CO)[C@@H](O)[C@H](O)[C@H](O)CO. The fourth-order valence-electron chi connectivity index (χ4n) is 0.971. The summed E-state index contributed by atoms with van der Waals surface area (Å²) in [7, 11) is 0. The molecule has 0 aromatic heterocycles. The highest BCUT2D eigenvalue weighted by atomic mass is 79.9. The summed E-state index contributed by atoms with van der Waals surface area (Å²) in [5, 5.41) is 45.0. The number of carbonyl (C=O) groups excluding carboxylic acids is 1. The summed E-state index contributed by atoms with van der Waals surface area (Å²) in [6.45, 7) is -1.47. The van der Waals surface area contributed by atoms with E-state index in [-0.39, 0.29) is 5.33 Å². The molecule has 0 fully saturated rings. The van der Waals surface area contributed by atoms with Crippen LogP contribution < -0.4 is 0 Å². The van der Waals surface area contributed by atoms with Gasteiger partial charge in [-0.25, -0.2) is 0 Å². The molecule has 0 saturated heterocycles. The molecule has 0 amide bonds. The third-order valence-electron chi connectivity index (χ3n) is 1.88. The minimum atomic E-state index is -1.72. The first-order valence-corrected chi connectivity index (χ1v) is 5.61. The smallest absolute Gasteiger partial charge is 0.317 e. The van der Waals surface area contributed by atoms with Gasteiger partial charge in [0.25, 0.3) is 0 Å². The molecule has 0 heterocycles. The van der Waals surface area contributed by atoms with Gasteiger partial charge in [0.05, 0.1) is 13.2 Å². The number of rotatable bonds is 7. The zero-order valence-corrected chi connectivity index (χ0v) is 9.95. The topological polar surface area (TPSA) is 127 Å². The van der Waals surface area contributed by atoms with Crippen LogP contribution in [0.3, 0.4) is 0 Å². The van der Waals surface area contributed by atoms with E-state index in [4.69, 9.17) is 15.3 Å². The number of halogens is 1. The van der Waals surface area contributed by atoms with Crippen LogP contribution in [-0.4, -0.2) is 74.5 Å². The van der Waals surface area contributed by atoms with Crippen LogP contribution in [0.25, 0.3) is 0 Å². The Labute approximate surface area is 100 Å². The Hall–Kier alpha value is -0.250. The molecule has 96 valence electrons. The summed E-state index contributed by atoms with van der Waals surface area (Å²) in [6, 6.07) is 0. The van der Waals surface area contributed by atoms with Crippen LogP contribution in [0.15, 0.2) is 0 Å². The first-order valence-electron chi connectivity index (χ1n) is 4.49. The van der Waals surface area contributed by atoms with Crippen molar-refractivity contribution in [2.75, 3.05) is 18.5 Å². The Morgan fingerprint density at radius 2 is 1.69 bits per heavy atom. The second-order valence-corrected chi connectivity index (χ2v) is 3.64. The van der Waals surface area contributed by atoms with E-state index in [0.29, 0.717) is 0 Å². The van der Waals surface area contributed by atoms with Crippen molar-refractivity contribution in [1.82, 2.24) is 0 Å². The minimum absolute atomic E-state index is 0.130.